The largest absolute Gasteiger partial charge is 0.385 e. The maximum Gasteiger partial charge on any atom is 0.0997 e. The van der Waals surface area contributed by atoms with Crippen molar-refractivity contribution in [2.45, 2.75) is 37.5 Å². The van der Waals surface area contributed by atoms with Crippen LogP contribution in [0.3, 0.4) is 0 Å². The molecule has 1 aromatic carbocycles. The molecule has 2 heterocycles. The van der Waals surface area contributed by atoms with E-state index in [0.29, 0.717) is 17.9 Å². The zero-order valence-electron chi connectivity index (χ0n) is 12.1. The van der Waals surface area contributed by atoms with Gasteiger partial charge in [0.2, 0.25) is 0 Å². The number of aryl methyl sites for hydroxylation is 1. The first-order chi connectivity index (χ1) is 9.96. The van der Waals surface area contributed by atoms with E-state index in [9.17, 15) is 5.11 Å². The molecule has 0 saturated carbocycles. The summed E-state index contributed by atoms with van der Waals surface area (Å²) in [6, 6.07) is 7.61. The van der Waals surface area contributed by atoms with Crippen LogP contribution in [-0.2, 0) is 12.6 Å². The van der Waals surface area contributed by atoms with E-state index in [1.54, 1.807) is 4.68 Å². The number of rotatable bonds is 2. The second-order valence-corrected chi connectivity index (χ2v) is 6.32. The van der Waals surface area contributed by atoms with Crippen LogP contribution in [0.15, 0.2) is 30.5 Å². The summed E-state index contributed by atoms with van der Waals surface area (Å²) >= 11 is 5.94. The van der Waals surface area contributed by atoms with Crippen molar-refractivity contribution in [3.63, 3.8) is 0 Å². The van der Waals surface area contributed by atoms with Gasteiger partial charge in [-0.2, -0.15) is 0 Å². The molecule has 1 aliphatic heterocycles. The molecule has 0 bridgehead atoms. The van der Waals surface area contributed by atoms with Crippen LogP contribution in [0.5, 0.6) is 0 Å². The van der Waals surface area contributed by atoms with E-state index in [1.165, 1.54) is 0 Å². The minimum atomic E-state index is -0.878. The third kappa shape index (κ3) is 2.95. The van der Waals surface area contributed by atoms with Crippen LogP contribution in [0, 0.1) is 0 Å². The van der Waals surface area contributed by atoms with Crippen LogP contribution in [0.25, 0.3) is 0 Å². The van der Waals surface area contributed by atoms with Crippen molar-refractivity contribution in [1.82, 2.24) is 20.3 Å². The molecule has 0 aliphatic carbocycles. The Morgan fingerprint density at radius 1 is 1.33 bits per heavy atom. The van der Waals surface area contributed by atoms with Gasteiger partial charge in [-0.15, -0.1) is 5.10 Å². The summed E-state index contributed by atoms with van der Waals surface area (Å²) < 4.78 is 1.68. The SMILES string of the molecule is C[C@H]1C[C@@](O)(c2ccc(Cl)cc2)C[C@@H](c2cn(C)nn2)N1. The number of hydrogen-bond acceptors (Lipinski definition) is 4. The van der Waals surface area contributed by atoms with Crippen molar-refractivity contribution in [3.05, 3.63) is 46.7 Å². The molecular formula is C15H19ClN4O. The zero-order valence-corrected chi connectivity index (χ0v) is 12.9. The van der Waals surface area contributed by atoms with Gasteiger partial charge in [0, 0.05) is 30.7 Å². The monoisotopic (exact) mass is 306 g/mol. The molecule has 3 rings (SSSR count). The Morgan fingerprint density at radius 2 is 2.05 bits per heavy atom. The van der Waals surface area contributed by atoms with E-state index in [1.807, 2.05) is 37.5 Å². The van der Waals surface area contributed by atoms with Crippen molar-refractivity contribution in [3.8, 4) is 0 Å². The topological polar surface area (TPSA) is 63.0 Å². The number of nitrogens with one attached hydrogen (secondary N) is 1. The lowest BCUT2D eigenvalue weighted by molar-refractivity contribution is -0.0235. The standard InChI is InChI=1S/C15H19ClN4O/c1-10-7-15(21,11-3-5-12(16)6-4-11)8-13(17-10)14-9-20(2)19-18-14/h3-6,9-10,13,17,21H,7-8H2,1-2H3/t10-,13-,15-/m0/s1. The summed E-state index contributed by atoms with van der Waals surface area (Å²) in [6.45, 7) is 2.07. The molecular weight excluding hydrogens is 288 g/mol. The fourth-order valence-corrected chi connectivity index (χ4v) is 3.23. The van der Waals surface area contributed by atoms with Crippen molar-refractivity contribution < 1.29 is 5.11 Å². The molecule has 3 atom stereocenters. The van der Waals surface area contributed by atoms with Crippen molar-refractivity contribution in [2.24, 2.45) is 7.05 Å². The van der Waals surface area contributed by atoms with Gasteiger partial charge in [-0.1, -0.05) is 28.9 Å². The molecule has 1 fully saturated rings. The Hall–Kier alpha value is -1.43. The molecule has 5 nitrogen and oxygen atoms in total. The summed E-state index contributed by atoms with van der Waals surface area (Å²) in [5, 5.41) is 23.4. The minimum Gasteiger partial charge on any atom is -0.385 e. The first kappa shape index (κ1) is 14.5. The van der Waals surface area contributed by atoms with Gasteiger partial charge in [0.25, 0.3) is 0 Å². The van der Waals surface area contributed by atoms with Crippen LogP contribution >= 0.6 is 11.6 Å². The third-order valence-corrected chi connectivity index (χ3v) is 4.28. The highest BCUT2D eigenvalue weighted by molar-refractivity contribution is 6.30. The van der Waals surface area contributed by atoms with Crippen molar-refractivity contribution >= 4 is 11.6 Å². The fourth-order valence-electron chi connectivity index (χ4n) is 3.10. The predicted molar refractivity (Wildman–Crippen MR) is 80.9 cm³/mol. The average molecular weight is 307 g/mol. The van der Waals surface area contributed by atoms with E-state index in [-0.39, 0.29) is 12.1 Å². The highest BCUT2D eigenvalue weighted by Gasteiger charge is 2.40. The summed E-state index contributed by atoms with van der Waals surface area (Å²) in [4.78, 5) is 0. The maximum absolute atomic E-state index is 11.1. The van der Waals surface area contributed by atoms with Crippen molar-refractivity contribution in [2.75, 3.05) is 0 Å². The lowest BCUT2D eigenvalue weighted by Gasteiger charge is -2.40. The Balaban J connectivity index is 1.89. The van der Waals surface area contributed by atoms with Crippen LogP contribution < -0.4 is 5.32 Å². The van der Waals surface area contributed by atoms with Gasteiger partial charge in [0.1, 0.15) is 0 Å². The Bertz CT molecular complexity index is 627. The fraction of sp³-hybridized carbons (Fsp3) is 0.467. The number of nitrogens with zero attached hydrogens (tertiary/aromatic N) is 3. The Morgan fingerprint density at radius 3 is 2.67 bits per heavy atom. The highest BCUT2D eigenvalue weighted by Crippen LogP contribution is 2.39. The number of aromatic nitrogens is 3. The summed E-state index contributed by atoms with van der Waals surface area (Å²) in [7, 11) is 1.84. The molecule has 0 unspecified atom stereocenters. The van der Waals surface area contributed by atoms with Crippen LogP contribution in [0.1, 0.15) is 37.1 Å². The minimum absolute atomic E-state index is 0.0110. The van der Waals surface area contributed by atoms with Gasteiger partial charge in [-0.05, 0) is 31.0 Å². The van der Waals surface area contributed by atoms with E-state index in [2.05, 4.69) is 22.6 Å². The van der Waals surface area contributed by atoms with Gasteiger partial charge in [0.15, 0.2) is 0 Å². The second-order valence-electron chi connectivity index (χ2n) is 5.88. The zero-order chi connectivity index (χ0) is 15.0. The normalized spacial score (nSPS) is 29.5. The first-order valence-corrected chi connectivity index (χ1v) is 7.45. The van der Waals surface area contributed by atoms with Crippen molar-refractivity contribution in [1.29, 1.82) is 0 Å². The number of benzene rings is 1. The van der Waals surface area contributed by atoms with Gasteiger partial charge < -0.3 is 10.4 Å². The lowest BCUT2D eigenvalue weighted by atomic mass is 9.78. The van der Waals surface area contributed by atoms with Crippen LogP contribution in [0.4, 0.5) is 0 Å². The lowest BCUT2D eigenvalue weighted by Crippen LogP contribution is -2.47. The van der Waals surface area contributed by atoms with E-state index < -0.39 is 5.60 Å². The van der Waals surface area contributed by atoms with Gasteiger partial charge in [0.05, 0.1) is 17.3 Å². The molecule has 112 valence electrons. The molecule has 1 aromatic heterocycles. The first-order valence-electron chi connectivity index (χ1n) is 7.07. The van der Waals surface area contributed by atoms with Crippen LogP contribution in [-0.4, -0.2) is 26.1 Å². The third-order valence-electron chi connectivity index (χ3n) is 4.03. The number of aliphatic hydroxyl groups is 1. The Kier molecular flexibility index (Phi) is 3.73. The summed E-state index contributed by atoms with van der Waals surface area (Å²) in [5.74, 6) is 0. The molecule has 0 amide bonds. The molecule has 2 N–H and O–H groups in total. The van der Waals surface area contributed by atoms with E-state index in [4.69, 9.17) is 11.6 Å². The molecule has 1 saturated heterocycles. The molecule has 21 heavy (non-hydrogen) atoms. The van der Waals surface area contributed by atoms with Gasteiger partial charge in [-0.3, -0.25) is 4.68 Å². The van der Waals surface area contributed by atoms with Gasteiger partial charge in [-0.25, -0.2) is 0 Å². The number of halogens is 1. The molecule has 6 heteroatoms. The average Bonchev–Trinajstić information content (AvgIpc) is 2.85. The molecule has 1 aliphatic rings. The quantitative estimate of drug-likeness (QED) is 0.892. The highest BCUT2D eigenvalue weighted by atomic mass is 35.5. The summed E-state index contributed by atoms with van der Waals surface area (Å²) in [6.07, 6.45) is 3.11. The molecule has 0 spiro atoms. The predicted octanol–water partition coefficient (Wildman–Crippen LogP) is 2.17. The Labute approximate surface area is 128 Å². The number of hydrogen-bond donors (Lipinski definition) is 2. The second kappa shape index (κ2) is 5.40. The maximum atomic E-state index is 11.1. The molecule has 2 aromatic rings. The van der Waals surface area contributed by atoms with E-state index >= 15 is 0 Å². The van der Waals surface area contributed by atoms with E-state index in [0.717, 1.165) is 11.3 Å². The smallest absolute Gasteiger partial charge is 0.0997 e. The van der Waals surface area contributed by atoms with Crippen LogP contribution in [0.2, 0.25) is 5.02 Å². The number of piperidine rings is 1. The summed E-state index contributed by atoms with van der Waals surface area (Å²) in [5.41, 5.74) is 0.878. The van der Waals surface area contributed by atoms with Gasteiger partial charge >= 0.3 is 0 Å². The molecule has 0 radical (unpaired) electrons.